The van der Waals surface area contributed by atoms with E-state index in [-0.39, 0.29) is 0 Å². The lowest BCUT2D eigenvalue weighted by Crippen LogP contribution is -2.47. The monoisotopic (exact) mass is 163 g/mol. The van der Waals surface area contributed by atoms with Gasteiger partial charge in [-0.1, -0.05) is 0 Å². The first-order chi connectivity index (χ1) is 5.79. The molecule has 3 N–H and O–H groups in total. The molecule has 1 aromatic heterocycles. The van der Waals surface area contributed by atoms with Crippen molar-refractivity contribution in [3.8, 4) is 0 Å². The Kier molecular flexibility index (Phi) is 1.59. The second kappa shape index (κ2) is 2.60. The van der Waals surface area contributed by atoms with Crippen LogP contribution in [0.5, 0.6) is 0 Å². The van der Waals surface area contributed by atoms with E-state index in [0.717, 1.165) is 17.6 Å². The number of nitrogens with zero attached hydrogens (tertiary/aromatic N) is 1. The summed E-state index contributed by atoms with van der Waals surface area (Å²) in [6.45, 7) is 2.64. The number of rotatable bonds is 1. The highest BCUT2D eigenvalue weighted by Crippen LogP contribution is 2.15. The van der Waals surface area contributed by atoms with Crippen LogP contribution in [-0.4, -0.2) is 4.98 Å². The van der Waals surface area contributed by atoms with Gasteiger partial charge in [0.05, 0.1) is 6.54 Å². The van der Waals surface area contributed by atoms with Gasteiger partial charge in [0.25, 0.3) is 0 Å². The van der Waals surface area contributed by atoms with Crippen LogP contribution in [0.25, 0.3) is 11.1 Å². The standard InChI is InChI=1S/C9H10N2O/c1-6-11-8-4-7(5-10)2-3-9(8)12-6/h2-4H,5,10H2,1H3/p+1. The molecule has 0 fully saturated rings. The van der Waals surface area contributed by atoms with Crippen molar-refractivity contribution in [3.63, 3.8) is 0 Å². The second-order valence-electron chi connectivity index (χ2n) is 2.78. The number of oxazole rings is 1. The van der Waals surface area contributed by atoms with Crippen molar-refractivity contribution in [2.75, 3.05) is 0 Å². The van der Waals surface area contributed by atoms with Crippen LogP contribution in [0.2, 0.25) is 0 Å². The molecule has 12 heavy (non-hydrogen) atoms. The van der Waals surface area contributed by atoms with Crippen molar-refractivity contribution in [3.05, 3.63) is 29.7 Å². The summed E-state index contributed by atoms with van der Waals surface area (Å²) in [5.41, 5.74) is 6.78. The van der Waals surface area contributed by atoms with Crippen molar-refractivity contribution in [1.82, 2.24) is 4.98 Å². The molecule has 0 saturated heterocycles. The molecule has 0 unspecified atom stereocenters. The summed E-state index contributed by atoms with van der Waals surface area (Å²) >= 11 is 0. The van der Waals surface area contributed by atoms with Gasteiger partial charge in [-0.25, -0.2) is 4.98 Å². The molecule has 1 heterocycles. The van der Waals surface area contributed by atoms with Gasteiger partial charge in [0, 0.05) is 12.5 Å². The van der Waals surface area contributed by atoms with E-state index in [4.69, 9.17) is 4.42 Å². The Morgan fingerprint density at radius 1 is 1.50 bits per heavy atom. The first kappa shape index (κ1) is 7.31. The Hall–Kier alpha value is -1.35. The molecule has 0 amide bonds. The lowest BCUT2D eigenvalue weighted by atomic mass is 10.2. The molecule has 0 bridgehead atoms. The van der Waals surface area contributed by atoms with Gasteiger partial charge in [-0.3, -0.25) is 0 Å². The maximum atomic E-state index is 5.34. The average molecular weight is 163 g/mol. The van der Waals surface area contributed by atoms with Gasteiger partial charge in [-0.15, -0.1) is 0 Å². The molecule has 0 aliphatic carbocycles. The molecule has 0 radical (unpaired) electrons. The van der Waals surface area contributed by atoms with Gasteiger partial charge in [0.15, 0.2) is 11.5 Å². The van der Waals surface area contributed by atoms with Crippen LogP contribution in [0.15, 0.2) is 22.6 Å². The average Bonchev–Trinajstić information content (AvgIpc) is 2.43. The molecule has 0 aliphatic rings. The number of hydrogen-bond acceptors (Lipinski definition) is 2. The zero-order chi connectivity index (χ0) is 8.55. The maximum Gasteiger partial charge on any atom is 0.192 e. The van der Waals surface area contributed by atoms with Gasteiger partial charge >= 0.3 is 0 Å². The van der Waals surface area contributed by atoms with Gasteiger partial charge in [-0.2, -0.15) is 0 Å². The fourth-order valence-electron chi connectivity index (χ4n) is 1.24. The van der Waals surface area contributed by atoms with Crippen LogP contribution in [0.1, 0.15) is 11.5 Å². The molecule has 62 valence electrons. The van der Waals surface area contributed by atoms with Crippen LogP contribution in [0, 0.1) is 6.92 Å². The van der Waals surface area contributed by atoms with Gasteiger partial charge in [-0.05, 0) is 18.2 Å². The van der Waals surface area contributed by atoms with E-state index >= 15 is 0 Å². The van der Waals surface area contributed by atoms with E-state index in [2.05, 4.69) is 10.7 Å². The van der Waals surface area contributed by atoms with Crippen LogP contribution in [0.4, 0.5) is 0 Å². The minimum atomic E-state index is 0.714. The lowest BCUT2D eigenvalue weighted by molar-refractivity contribution is -0.386. The third-order valence-corrected chi connectivity index (χ3v) is 1.85. The van der Waals surface area contributed by atoms with Gasteiger partial charge < -0.3 is 10.2 Å². The Balaban J connectivity index is 2.66. The number of aryl methyl sites for hydroxylation is 1. The van der Waals surface area contributed by atoms with E-state index in [0.29, 0.717) is 5.89 Å². The minimum absolute atomic E-state index is 0.714. The molecule has 2 rings (SSSR count). The highest BCUT2D eigenvalue weighted by atomic mass is 16.3. The van der Waals surface area contributed by atoms with Crippen LogP contribution < -0.4 is 5.73 Å². The number of benzene rings is 1. The zero-order valence-electron chi connectivity index (χ0n) is 7.00. The van der Waals surface area contributed by atoms with E-state index in [1.54, 1.807) is 0 Å². The normalized spacial score (nSPS) is 10.8. The van der Waals surface area contributed by atoms with Crippen molar-refractivity contribution < 1.29 is 10.2 Å². The molecule has 0 aliphatic heterocycles. The van der Waals surface area contributed by atoms with Gasteiger partial charge in [0.1, 0.15) is 5.52 Å². The van der Waals surface area contributed by atoms with Crippen molar-refractivity contribution in [2.45, 2.75) is 13.5 Å². The molecule has 3 nitrogen and oxygen atoms in total. The largest absolute Gasteiger partial charge is 0.441 e. The van der Waals surface area contributed by atoms with Crippen molar-refractivity contribution in [1.29, 1.82) is 0 Å². The number of aromatic nitrogens is 1. The molecule has 0 spiro atoms. The summed E-state index contributed by atoms with van der Waals surface area (Å²) < 4.78 is 5.34. The summed E-state index contributed by atoms with van der Waals surface area (Å²) in [6.07, 6.45) is 0. The summed E-state index contributed by atoms with van der Waals surface area (Å²) in [6, 6.07) is 5.97. The first-order valence-corrected chi connectivity index (χ1v) is 3.95. The minimum Gasteiger partial charge on any atom is -0.441 e. The van der Waals surface area contributed by atoms with E-state index in [1.165, 1.54) is 5.56 Å². The summed E-state index contributed by atoms with van der Waals surface area (Å²) in [5, 5.41) is 0. The predicted molar refractivity (Wildman–Crippen MR) is 45.3 cm³/mol. The van der Waals surface area contributed by atoms with Crippen LogP contribution in [0.3, 0.4) is 0 Å². The van der Waals surface area contributed by atoms with Crippen molar-refractivity contribution in [2.24, 2.45) is 0 Å². The first-order valence-electron chi connectivity index (χ1n) is 3.95. The summed E-state index contributed by atoms with van der Waals surface area (Å²) in [7, 11) is 0. The number of fused-ring (bicyclic) bond motifs is 1. The molecule has 3 heteroatoms. The fourth-order valence-corrected chi connectivity index (χ4v) is 1.24. The Bertz CT molecular complexity index is 406. The quantitative estimate of drug-likeness (QED) is 0.678. The van der Waals surface area contributed by atoms with E-state index in [9.17, 15) is 0 Å². The lowest BCUT2D eigenvalue weighted by Gasteiger charge is -1.90. The smallest absolute Gasteiger partial charge is 0.192 e. The fraction of sp³-hybridized carbons (Fsp3) is 0.222. The topological polar surface area (TPSA) is 53.7 Å². The highest BCUT2D eigenvalue weighted by molar-refractivity contribution is 5.73. The SMILES string of the molecule is Cc1nc2cc(C[NH3+])ccc2o1. The highest BCUT2D eigenvalue weighted by Gasteiger charge is 2.02. The summed E-state index contributed by atoms with van der Waals surface area (Å²) in [5.74, 6) is 0.714. The third kappa shape index (κ3) is 1.08. The molecule has 1 aromatic carbocycles. The zero-order valence-corrected chi connectivity index (χ0v) is 7.00. The maximum absolute atomic E-state index is 5.34. The summed E-state index contributed by atoms with van der Waals surface area (Å²) in [4.78, 5) is 4.23. The number of quaternary nitrogens is 1. The Morgan fingerprint density at radius 3 is 3.08 bits per heavy atom. The van der Waals surface area contributed by atoms with Crippen molar-refractivity contribution >= 4 is 11.1 Å². The third-order valence-electron chi connectivity index (χ3n) is 1.85. The number of hydrogen-bond donors (Lipinski definition) is 1. The second-order valence-corrected chi connectivity index (χ2v) is 2.78. The molecule has 2 aromatic rings. The van der Waals surface area contributed by atoms with Gasteiger partial charge in [0.2, 0.25) is 0 Å². The van der Waals surface area contributed by atoms with Crippen LogP contribution in [-0.2, 0) is 6.54 Å². The molecular weight excluding hydrogens is 152 g/mol. The Morgan fingerprint density at radius 2 is 2.33 bits per heavy atom. The molecule has 0 atom stereocenters. The molecule has 0 saturated carbocycles. The van der Waals surface area contributed by atoms with E-state index < -0.39 is 0 Å². The molecular formula is C9H11N2O+. The Labute approximate surface area is 70.2 Å². The van der Waals surface area contributed by atoms with E-state index in [1.807, 2.05) is 25.1 Å². The van der Waals surface area contributed by atoms with Crippen LogP contribution >= 0.6 is 0 Å². The predicted octanol–water partition coefficient (Wildman–Crippen LogP) is 0.878.